The Bertz CT molecular complexity index is 398. The van der Waals surface area contributed by atoms with Gasteiger partial charge in [0.15, 0.2) is 0 Å². The molecule has 1 fully saturated rings. The highest BCUT2D eigenvalue weighted by Crippen LogP contribution is 2.24. The van der Waals surface area contributed by atoms with E-state index in [0.717, 1.165) is 31.9 Å². The molecule has 2 N–H and O–H groups in total. The molecule has 5 nitrogen and oxygen atoms in total. The van der Waals surface area contributed by atoms with Crippen molar-refractivity contribution < 1.29 is 9.47 Å². The maximum atomic E-state index is 5.83. The lowest BCUT2D eigenvalue weighted by Crippen LogP contribution is -2.42. The number of pyridine rings is 1. The van der Waals surface area contributed by atoms with Gasteiger partial charge in [-0.1, -0.05) is 6.92 Å². The molecular weight excluding hydrogens is 230 g/mol. The summed E-state index contributed by atoms with van der Waals surface area (Å²) in [7, 11) is 0. The van der Waals surface area contributed by atoms with Gasteiger partial charge in [-0.3, -0.25) is 0 Å². The van der Waals surface area contributed by atoms with E-state index in [2.05, 4.69) is 16.8 Å². The summed E-state index contributed by atoms with van der Waals surface area (Å²) in [6.45, 7) is 7.11. The third-order valence-corrected chi connectivity index (χ3v) is 3.07. The van der Waals surface area contributed by atoms with Crippen LogP contribution in [0.25, 0.3) is 0 Å². The minimum absolute atomic E-state index is 0.286. The van der Waals surface area contributed by atoms with E-state index in [0.29, 0.717) is 18.2 Å². The first kappa shape index (κ1) is 13.0. The van der Waals surface area contributed by atoms with Gasteiger partial charge in [-0.25, -0.2) is 0 Å². The third kappa shape index (κ3) is 2.85. The zero-order valence-corrected chi connectivity index (χ0v) is 11.1. The van der Waals surface area contributed by atoms with Crippen molar-refractivity contribution in [3.8, 4) is 5.88 Å². The van der Waals surface area contributed by atoms with Crippen LogP contribution in [0, 0.1) is 0 Å². The molecule has 0 spiro atoms. The number of hydrogen-bond acceptors (Lipinski definition) is 5. The number of nitrogens with two attached hydrogens (primary N) is 1. The predicted molar refractivity (Wildman–Crippen MR) is 72.1 cm³/mol. The van der Waals surface area contributed by atoms with E-state index < -0.39 is 0 Å². The van der Waals surface area contributed by atoms with Crippen LogP contribution in [0.15, 0.2) is 12.1 Å². The summed E-state index contributed by atoms with van der Waals surface area (Å²) < 4.78 is 11.1. The van der Waals surface area contributed by atoms with Gasteiger partial charge in [0, 0.05) is 13.1 Å². The fraction of sp³-hybridized carbons (Fsp3) is 0.615. The maximum Gasteiger partial charge on any atom is 0.239 e. The highest BCUT2D eigenvalue weighted by Gasteiger charge is 2.20. The molecule has 0 radical (unpaired) electrons. The topological polar surface area (TPSA) is 60.6 Å². The fourth-order valence-corrected chi connectivity index (χ4v) is 2.04. The largest absolute Gasteiger partial charge is 0.476 e. The second kappa shape index (κ2) is 5.91. The Morgan fingerprint density at radius 3 is 3.06 bits per heavy atom. The van der Waals surface area contributed by atoms with Crippen molar-refractivity contribution in [3.05, 3.63) is 12.1 Å². The minimum atomic E-state index is 0.286. The van der Waals surface area contributed by atoms with Crippen molar-refractivity contribution in [3.63, 3.8) is 0 Å². The van der Waals surface area contributed by atoms with E-state index in [1.807, 2.05) is 19.1 Å². The van der Waals surface area contributed by atoms with E-state index in [1.54, 1.807) is 0 Å². The van der Waals surface area contributed by atoms with Gasteiger partial charge in [-0.2, -0.15) is 4.98 Å². The number of morpholine rings is 1. The van der Waals surface area contributed by atoms with E-state index >= 15 is 0 Å². The zero-order chi connectivity index (χ0) is 13.0. The summed E-state index contributed by atoms with van der Waals surface area (Å²) >= 11 is 0. The van der Waals surface area contributed by atoms with Crippen molar-refractivity contribution in [1.82, 2.24) is 4.98 Å². The Labute approximate surface area is 108 Å². The highest BCUT2D eigenvalue weighted by molar-refractivity contribution is 5.54. The lowest BCUT2D eigenvalue weighted by molar-refractivity contribution is 0.0381. The molecule has 0 saturated carbocycles. The van der Waals surface area contributed by atoms with Gasteiger partial charge >= 0.3 is 0 Å². The average Bonchev–Trinajstić information content (AvgIpc) is 2.41. The van der Waals surface area contributed by atoms with Crippen molar-refractivity contribution >= 4 is 11.5 Å². The van der Waals surface area contributed by atoms with Crippen LogP contribution in [0.3, 0.4) is 0 Å². The van der Waals surface area contributed by atoms with Gasteiger partial charge in [0.25, 0.3) is 0 Å². The minimum Gasteiger partial charge on any atom is -0.476 e. The van der Waals surface area contributed by atoms with Crippen LogP contribution in [0.5, 0.6) is 5.88 Å². The Morgan fingerprint density at radius 1 is 1.50 bits per heavy atom. The molecule has 1 aromatic heterocycles. The van der Waals surface area contributed by atoms with Crippen LogP contribution < -0.4 is 15.4 Å². The number of ether oxygens (including phenoxy) is 2. The number of nitrogens with zero attached hydrogens (tertiary/aromatic N) is 2. The molecule has 0 aliphatic carbocycles. The Morgan fingerprint density at radius 2 is 2.33 bits per heavy atom. The zero-order valence-electron chi connectivity index (χ0n) is 11.1. The van der Waals surface area contributed by atoms with Crippen LogP contribution in [-0.4, -0.2) is 37.4 Å². The summed E-state index contributed by atoms with van der Waals surface area (Å²) in [5.41, 5.74) is 6.41. The molecule has 100 valence electrons. The van der Waals surface area contributed by atoms with Crippen molar-refractivity contribution in [2.45, 2.75) is 26.4 Å². The molecule has 1 saturated heterocycles. The molecule has 0 bridgehead atoms. The smallest absolute Gasteiger partial charge is 0.239 e. The van der Waals surface area contributed by atoms with Gasteiger partial charge in [-0.15, -0.1) is 0 Å². The molecule has 1 atom stereocenters. The monoisotopic (exact) mass is 251 g/mol. The molecule has 2 heterocycles. The molecule has 1 aliphatic heterocycles. The average molecular weight is 251 g/mol. The van der Waals surface area contributed by atoms with Crippen LogP contribution in [0.4, 0.5) is 11.5 Å². The number of hydrogen-bond donors (Lipinski definition) is 1. The molecule has 0 amide bonds. The summed E-state index contributed by atoms with van der Waals surface area (Å²) in [6, 6.07) is 3.79. The second-order valence-corrected chi connectivity index (χ2v) is 4.34. The van der Waals surface area contributed by atoms with Gasteiger partial charge in [-0.05, 0) is 25.5 Å². The van der Waals surface area contributed by atoms with Crippen molar-refractivity contribution in [2.24, 2.45) is 0 Å². The first-order valence-electron chi connectivity index (χ1n) is 6.50. The SMILES string of the molecule is CCOc1nc(N2CCOC(CC)C2)ccc1N. The van der Waals surface area contributed by atoms with Crippen LogP contribution in [0.1, 0.15) is 20.3 Å². The Balaban J connectivity index is 2.14. The second-order valence-electron chi connectivity index (χ2n) is 4.34. The normalized spacial score (nSPS) is 19.9. The van der Waals surface area contributed by atoms with E-state index in [9.17, 15) is 0 Å². The number of nitrogen functional groups attached to an aromatic ring is 1. The van der Waals surface area contributed by atoms with Gasteiger partial charge in [0.1, 0.15) is 5.82 Å². The first-order chi connectivity index (χ1) is 8.74. The summed E-state index contributed by atoms with van der Waals surface area (Å²) in [5.74, 6) is 1.43. The molecule has 1 aliphatic rings. The predicted octanol–water partition coefficient (Wildman–Crippen LogP) is 1.68. The third-order valence-electron chi connectivity index (χ3n) is 3.07. The van der Waals surface area contributed by atoms with Crippen LogP contribution >= 0.6 is 0 Å². The quantitative estimate of drug-likeness (QED) is 0.882. The number of aromatic nitrogens is 1. The maximum absolute atomic E-state index is 5.83. The van der Waals surface area contributed by atoms with Gasteiger partial charge in [0.05, 0.1) is 25.0 Å². The highest BCUT2D eigenvalue weighted by atomic mass is 16.5. The molecule has 1 unspecified atom stereocenters. The molecule has 18 heavy (non-hydrogen) atoms. The molecule has 2 rings (SSSR count). The summed E-state index contributed by atoms with van der Waals surface area (Å²) in [5, 5.41) is 0. The molecule has 0 aromatic carbocycles. The Kier molecular flexibility index (Phi) is 4.25. The van der Waals surface area contributed by atoms with E-state index in [1.165, 1.54) is 0 Å². The first-order valence-corrected chi connectivity index (χ1v) is 6.50. The number of rotatable bonds is 4. The van der Waals surface area contributed by atoms with Crippen LogP contribution in [0.2, 0.25) is 0 Å². The van der Waals surface area contributed by atoms with E-state index in [-0.39, 0.29) is 6.10 Å². The van der Waals surface area contributed by atoms with Crippen LogP contribution in [-0.2, 0) is 4.74 Å². The van der Waals surface area contributed by atoms with E-state index in [4.69, 9.17) is 15.2 Å². The molecule has 1 aromatic rings. The summed E-state index contributed by atoms with van der Waals surface area (Å²) in [4.78, 5) is 6.70. The standard InChI is InChI=1S/C13H21N3O2/c1-3-10-9-16(7-8-18-10)12-6-5-11(14)13(15-12)17-4-2/h5-6,10H,3-4,7-9,14H2,1-2H3. The Hall–Kier alpha value is -1.49. The summed E-state index contributed by atoms with van der Waals surface area (Å²) in [6.07, 6.45) is 1.30. The van der Waals surface area contributed by atoms with Crippen molar-refractivity contribution in [1.29, 1.82) is 0 Å². The molecule has 5 heteroatoms. The molecular formula is C13H21N3O2. The lowest BCUT2D eigenvalue weighted by atomic mass is 10.2. The number of anilines is 2. The lowest BCUT2D eigenvalue weighted by Gasteiger charge is -2.33. The van der Waals surface area contributed by atoms with Gasteiger partial charge in [0.2, 0.25) is 5.88 Å². The van der Waals surface area contributed by atoms with Crippen molar-refractivity contribution in [2.75, 3.05) is 36.9 Å². The fourth-order valence-electron chi connectivity index (χ4n) is 2.04. The van der Waals surface area contributed by atoms with Gasteiger partial charge < -0.3 is 20.1 Å².